The Morgan fingerprint density at radius 2 is 1.52 bits per heavy atom. The van der Waals surface area contributed by atoms with E-state index < -0.39 is 0 Å². The summed E-state index contributed by atoms with van der Waals surface area (Å²) in [5.41, 5.74) is 2.18. The Morgan fingerprint density at radius 1 is 0.960 bits per heavy atom. The van der Waals surface area contributed by atoms with Crippen LogP contribution in [0, 0.1) is 11.8 Å². The molecule has 0 unspecified atom stereocenters. The van der Waals surface area contributed by atoms with E-state index in [4.69, 9.17) is 0 Å². The van der Waals surface area contributed by atoms with Crippen molar-refractivity contribution >= 4 is 17.3 Å². The van der Waals surface area contributed by atoms with Gasteiger partial charge < -0.3 is 15.1 Å². The van der Waals surface area contributed by atoms with E-state index in [-0.39, 0.29) is 5.91 Å². The maximum Gasteiger partial charge on any atom is 0.225 e. The number of nitrogens with one attached hydrogen (secondary N) is 1. The molecule has 1 aromatic carbocycles. The van der Waals surface area contributed by atoms with Crippen molar-refractivity contribution in [2.24, 2.45) is 11.8 Å². The Hall–Kier alpha value is -1.55. The van der Waals surface area contributed by atoms with Gasteiger partial charge in [-0.2, -0.15) is 0 Å². The molecule has 0 atom stereocenters. The number of hydrogen-bond donors (Lipinski definition) is 1. The highest BCUT2D eigenvalue weighted by molar-refractivity contribution is 5.91. The fourth-order valence-corrected chi connectivity index (χ4v) is 3.79. The third-order valence-corrected chi connectivity index (χ3v) is 5.83. The molecule has 0 saturated carbocycles. The summed E-state index contributed by atoms with van der Waals surface area (Å²) in [6, 6.07) is 8.34. The molecule has 0 spiro atoms. The van der Waals surface area contributed by atoms with Gasteiger partial charge >= 0.3 is 0 Å². The van der Waals surface area contributed by atoms with Crippen molar-refractivity contribution in [2.45, 2.75) is 46.0 Å². The summed E-state index contributed by atoms with van der Waals surface area (Å²) in [6.45, 7) is 10.1. The molecule has 138 valence electrons. The first-order valence-electron chi connectivity index (χ1n) is 9.97. The number of likely N-dealkylation sites (tertiary alicyclic amines) is 1. The largest absolute Gasteiger partial charge is 0.372 e. The number of carbonyl (C=O) groups is 1. The van der Waals surface area contributed by atoms with Crippen molar-refractivity contribution in [1.82, 2.24) is 4.90 Å². The van der Waals surface area contributed by atoms with Gasteiger partial charge in [0.2, 0.25) is 5.91 Å². The molecule has 0 bridgehead atoms. The van der Waals surface area contributed by atoms with Crippen molar-refractivity contribution in [3.8, 4) is 0 Å². The SMILES string of the molecule is CC1CCN(CCC(=O)Nc2ccc(N3CCC(C)CC3)cc2)CC1. The fourth-order valence-electron chi connectivity index (χ4n) is 3.79. The molecule has 1 aromatic rings. The molecule has 25 heavy (non-hydrogen) atoms. The Kier molecular flexibility index (Phi) is 6.35. The molecule has 2 aliphatic rings. The standard InChI is InChI=1S/C21H33N3O/c1-17-7-12-23(13-8-17)14-11-21(25)22-19-3-5-20(6-4-19)24-15-9-18(2)10-16-24/h3-6,17-18H,7-16H2,1-2H3,(H,22,25). The maximum absolute atomic E-state index is 12.2. The highest BCUT2D eigenvalue weighted by Gasteiger charge is 2.17. The zero-order valence-electron chi connectivity index (χ0n) is 15.8. The van der Waals surface area contributed by atoms with Crippen molar-refractivity contribution in [1.29, 1.82) is 0 Å². The Balaban J connectivity index is 1.42. The molecule has 0 aromatic heterocycles. The number of benzene rings is 1. The van der Waals surface area contributed by atoms with E-state index in [1.165, 1.54) is 31.4 Å². The van der Waals surface area contributed by atoms with Crippen LogP contribution in [0.15, 0.2) is 24.3 Å². The third kappa shape index (κ3) is 5.46. The first-order chi connectivity index (χ1) is 12.1. The molecule has 1 amide bonds. The van der Waals surface area contributed by atoms with E-state index in [2.05, 4.69) is 41.1 Å². The normalized spacial score (nSPS) is 20.6. The summed E-state index contributed by atoms with van der Waals surface area (Å²) in [4.78, 5) is 17.1. The number of rotatable bonds is 5. The summed E-state index contributed by atoms with van der Waals surface area (Å²) in [6.07, 6.45) is 5.65. The van der Waals surface area contributed by atoms with Crippen molar-refractivity contribution in [2.75, 3.05) is 42.9 Å². The molecule has 2 saturated heterocycles. The molecule has 4 nitrogen and oxygen atoms in total. The molecule has 2 heterocycles. The van der Waals surface area contributed by atoms with Crippen LogP contribution in [0.25, 0.3) is 0 Å². The van der Waals surface area contributed by atoms with Gasteiger partial charge in [-0.15, -0.1) is 0 Å². The molecule has 0 radical (unpaired) electrons. The first kappa shape index (κ1) is 18.2. The maximum atomic E-state index is 12.2. The van der Waals surface area contributed by atoms with Crippen LogP contribution in [0.3, 0.4) is 0 Å². The van der Waals surface area contributed by atoms with Crippen LogP contribution in [0.2, 0.25) is 0 Å². The summed E-state index contributed by atoms with van der Waals surface area (Å²) >= 11 is 0. The smallest absolute Gasteiger partial charge is 0.225 e. The molecule has 2 aliphatic heterocycles. The van der Waals surface area contributed by atoms with Crippen molar-refractivity contribution in [3.63, 3.8) is 0 Å². The van der Waals surface area contributed by atoms with Gasteiger partial charge in [0.15, 0.2) is 0 Å². The Labute approximate surface area is 152 Å². The van der Waals surface area contributed by atoms with E-state index in [1.807, 2.05) is 12.1 Å². The summed E-state index contributed by atoms with van der Waals surface area (Å²) in [5.74, 6) is 1.81. The summed E-state index contributed by atoms with van der Waals surface area (Å²) in [7, 11) is 0. The van der Waals surface area contributed by atoms with Gasteiger partial charge in [0, 0.05) is 37.4 Å². The summed E-state index contributed by atoms with van der Waals surface area (Å²) in [5, 5.41) is 3.04. The van der Waals surface area contributed by atoms with Gasteiger partial charge in [0.05, 0.1) is 0 Å². The number of hydrogen-bond acceptors (Lipinski definition) is 3. The summed E-state index contributed by atoms with van der Waals surface area (Å²) < 4.78 is 0. The average Bonchev–Trinajstić information content (AvgIpc) is 2.63. The van der Waals surface area contributed by atoms with Gasteiger partial charge in [-0.3, -0.25) is 4.79 Å². The van der Waals surface area contributed by atoms with Crippen molar-refractivity contribution < 1.29 is 4.79 Å². The minimum absolute atomic E-state index is 0.123. The second-order valence-electron chi connectivity index (χ2n) is 8.04. The fraction of sp³-hybridized carbons (Fsp3) is 0.667. The highest BCUT2D eigenvalue weighted by atomic mass is 16.1. The second-order valence-corrected chi connectivity index (χ2v) is 8.04. The number of piperidine rings is 2. The number of amides is 1. The molecule has 1 N–H and O–H groups in total. The van der Waals surface area contributed by atoms with E-state index >= 15 is 0 Å². The van der Waals surface area contributed by atoms with Crippen LogP contribution in [0.5, 0.6) is 0 Å². The second kappa shape index (κ2) is 8.70. The third-order valence-electron chi connectivity index (χ3n) is 5.83. The molecule has 4 heteroatoms. The van der Waals surface area contributed by atoms with E-state index in [0.29, 0.717) is 6.42 Å². The lowest BCUT2D eigenvalue weighted by Gasteiger charge is -2.32. The zero-order chi connectivity index (χ0) is 17.6. The predicted molar refractivity (Wildman–Crippen MR) is 105 cm³/mol. The Morgan fingerprint density at radius 3 is 2.12 bits per heavy atom. The van der Waals surface area contributed by atoms with Gasteiger partial charge in [0.1, 0.15) is 0 Å². The lowest BCUT2D eigenvalue weighted by atomic mass is 9.99. The monoisotopic (exact) mass is 343 g/mol. The van der Waals surface area contributed by atoms with Crippen LogP contribution in [-0.4, -0.2) is 43.5 Å². The first-order valence-corrected chi connectivity index (χ1v) is 9.97. The number of nitrogens with zero attached hydrogens (tertiary/aromatic N) is 2. The van der Waals surface area contributed by atoms with Crippen molar-refractivity contribution in [3.05, 3.63) is 24.3 Å². The van der Waals surface area contributed by atoms with Gasteiger partial charge in [-0.1, -0.05) is 13.8 Å². The molecule has 3 rings (SSSR count). The highest BCUT2D eigenvalue weighted by Crippen LogP contribution is 2.24. The van der Waals surface area contributed by atoms with Crippen LogP contribution < -0.4 is 10.2 Å². The molecular formula is C21H33N3O. The van der Waals surface area contributed by atoms with Gasteiger partial charge in [0.25, 0.3) is 0 Å². The lowest BCUT2D eigenvalue weighted by molar-refractivity contribution is -0.116. The van der Waals surface area contributed by atoms with Gasteiger partial charge in [-0.05, 0) is 74.9 Å². The molecular weight excluding hydrogens is 310 g/mol. The van der Waals surface area contributed by atoms with Crippen LogP contribution in [-0.2, 0) is 4.79 Å². The van der Waals surface area contributed by atoms with E-state index in [0.717, 1.165) is 50.2 Å². The topological polar surface area (TPSA) is 35.6 Å². The Bertz CT molecular complexity index is 541. The molecule has 0 aliphatic carbocycles. The number of anilines is 2. The zero-order valence-corrected chi connectivity index (χ0v) is 15.8. The van der Waals surface area contributed by atoms with Crippen LogP contribution in [0.1, 0.15) is 46.0 Å². The lowest BCUT2D eigenvalue weighted by Crippen LogP contribution is -2.35. The van der Waals surface area contributed by atoms with Crippen LogP contribution in [0.4, 0.5) is 11.4 Å². The minimum atomic E-state index is 0.123. The minimum Gasteiger partial charge on any atom is -0.372 e. The predicted octanol–water partition coefficient (Wildman–Crippen LogP) is 3.98. The number of carbonyl (C=O) groups excluding carboxylic acids is 1. The van der Waals surface area contributed by atoms with E-state index in [9.17, 15) is 4.79 Å². The van der Waals surface area contributed by atoms with Crippen LogP contribution >= 0.6 is 0 Å². The van der Waals surface area contributed by atoms with Gasteiger partial charge in [-0.25, -0.2) is 0 Å². The van der Waals surface area contributed by atoms with E-state index in [1.54, 1.807) is 0 Å². The quantitative estimate of drug-likeness (QED) is 0.878. The average molecular weight is 344 g/mol. The molecule has 2 fully saturated rings.